The Kier molecular flexibility index (Phi) is 4.69. The SMILES string of the molecule is Cc1ccc(Cl)cc1NCCCN1CCCC1. The predicted molar refractivity (Wildman–Crippen MR) is 75.0 cm³/mol. The second kappa shape index (κ2) is 6.27. The number of benzene rings is 1. The molecule has 1 aromatic rings. The van der Waals surface area contributed by atoms with Crippen LogP contribution in [0.25, 0.3) is 0 Å². The van der Waals surface area contributed by atoms with Crippen LogP contribution in [-0.2, 0) is 0 Å². The summed E-state index contributed by atoms with van der Waals surface area (Å²) in [4.78, 5) is 2.55. The molecule has 1 aromatic carbocycles. The van der Waals surface area contributed by atoms with Gasteiger partial charge in [0.05, 0.1) is 0 Å². The van der Waals surface area contributed by atoms with Gasteiger partial charge in [-0.1, -0.05) is 17.7 Å². The number of likely N-dealkylation sites (tertiary alicyclic amines) is 1. The van der Waals surface area contributed by atoms with E-state index >= 15 is 0 Å². The third-order valence-electron chi connectivity index (χ3n) is 3.36. The van der Waals surface area contributed by atoms with Gasteiger partial charge in [0.1, 0.15) is 0 Å². The lowest BCUT2D eigenvalue weighted by Gasteiger charge is -2.15. The molecule has 0 saturated carbocycles. The molecule has 2 nitrogen and oxygen atoms in total. The molecule has 1 saturated heterocycles. The van der Waals surface area contributed by atoms with Crippen LogP contribution in [0.2, 0.25) is 5.02 Å². The number of hydrogen-bond acceptors (Lipinski definition) is 2. The van der Waals surface area contributed by atoms with Gasteiger partial charge < -0.3 is 10.2 Å². The topological polar surface area (TPSA) is 15.3 Å². The molecule has 1 N–H and O–H groups in total. The molecule has 1 heterocycles. The maximum absolute atomic E-state index is 5.99. The van der Waals surface area contributed by atoms with Crippen molar-refractivity contribution in [3.05, 3.63) is 28.8 Å². The zero-order valence-electron chi connectivity index (χ0n) is 10.5. The van der Waals surface area contributed by atoms with Gasteiger partial charge in [-0.05, 0) is 63.5 Å². The van der Waals surface area contributed by atoms with Crippen molar-refractivity contribution in [2.24, 2.45) is 0 Å². The molecule has 1 aliphatic heterocycles. The largest absolute Gasteiger partial charge is 0.385 e. The summed E-state index contributed by atoms with van der Waals surface area (Å²) in [7, 11) is 0. The Morgan fingerprint density at radius 1 is 1.29 bits per heavy atom. The van der Waals surface area contributed by atoms with E-state index in [2.05, 4.69) is 23.2 Å². The molecule has 0 unspecified atom stereocenters. The summed E-state index contributed by atoms with van der Waals surface area (Å²) in [6.07, 6.45) is 3.95. The van der Waals surface area contributed by atoms with E-state index in [4.69, 9.17) is 11.6 Å². The number of anilines is 1. The van der Waals surface area contributed by atoms with Crippen molar-refractivity contribution in [3.8, 4) is 0 Å². The van der Waals surface area contributed by atoms with E-state index in [1.807, 2.05) is 12.1 Å². The van der Waals surface area contributed by atoms with E-state index in [1.54, 1.807) is 0 Å². The van der Waals surface area contributed by atoms with Crippen molar-refractivity contribution in [1.29, 1.82) is 0 Å². The van der Waals surface area contributed by atoms with Crippen LogP contribution in [0.5, 0.6) is 0 Å². The van der Waals surface area contributed by atoms with Gasteiger partial charge in [-0.15, -0.1) is 0 Å². The van der Waals surface area contributed by atoms with Crippen LogP contribution in [0.15, 0.2) is 18.2 Å². The molecular formula is C14H21ClN2. The van der Waals surface area contributed by atoms with Gasteiger partial charge >= 0.3 is 0 Å². The minimum absolute atomic E-state index is 0.803. The summed E-state index contributed by atoms with van der Waals surface area (Å²) in [5, 5.41) is 4.27. The summed E-state index contributed by atoms with van der Waals surface area (Å²) >= 11 is 5.99. The normalized spacial score (nSPS) is 16.4. The Hall–Kier alpha value is -0.730. The van der Waals surface area contributed by atoms with Gasteiger partial charge in [0.15, 0.2) is 0 Å². The van der Waals surface area contributed by atoms with Gasteiger partial charge in [-0.25, -0.2) is 0 Å². The van der Waals surface area contributed by atoms with Gasteiger partial charge in [0.25, 0.3) is 0 Å². The van der Waals surface area contributed by atoms with E-state index in [1.165, 1.54) is 50.1 Å². The van der Waals surface area contributed by atoms with E-state index in [-0.39, 0.29) is 0 Å². The van der Waals surface area contributed by atoms with Gasteiger partial charge in [0, 0.05) is 17.3 Å². The highest BCUT2D eigenvalue weighted by Crippen LogP contribution is 2.20. The number of nitrogens with one attached hydrogen (secondary N) is 1. The summed E-state index contributed by atoms with van der Waals surface area (Å²) < 4.78 is 0. The van der Waals surface area contributed by atoms with Crippen LogP contribution in [0.3, 0.4) is 0 Å². The zero-order chi connectivity index (χ0) is 12.1. The van der Waals surface area contributed by atoms with E-state index in [0.717, 1.165) is 11.6 Å². The van der Waals surface area contributed by atoms with E-state index in [0.29, 0.717) is 0 Å². The molecule has 3 heteroatoms. The quantitative estimate of drug-likeness (QED) is 0.807. The molecule has 17 heavy (non-hydrogen) atoms. The average Bonchev–Trinajstić information content (AvgIpc) is 2.82. The Labute approximate surface area is 109 Å². The lowest BCUT2D eigenvalue weighted by molar-refractivity contribution is 0.337. The molecular weight excluding hydrogens is 232 g/mol. The molecule has 0 radical (unpaired) electrons. The maximum Gasteiger partial charge on any atom is 0.0426 e. The van der Waals surface area contributed by atoms with Crippen molar-refractivity contribution in [2.45, 2.75) is 26.2 Å². The van der Waals surface area contributed by atoms with Crippen molar-refractivity contribution in [3.63, 3.8) is 0 Å². The first-order valence-corrected chi connectivity index (χ1v) is 6.86. The van der Waals surface area contributed by atoms with E-state index < -0.39 is 0 Å². The summed E-state index contributed by atoms with van der Waals surface area (Å²) in [6, 6.07) is 6.00. The molecule has 0 atom stereocenters. The molecule has 0 aliphatic carbocycles. The first-order valence-electron chi connectivity index (χ1n) is 6.48. The fourth-order valence-corrected chi connectivity index (χ4v) is 2.49. The molecule has 2 rings (SSSR count). The first-order chi connectivity index (χ1) is 8.25. The average molecular weight is 253 g/mol. The van der Waals surface area contributed by atoms with Crippen LogP contribution in [0.4, 0.5) is 5.69 Å². The van der Waals surface area contributed by atoms with Gasteiger partial charge in [0.2, 0.25) is 0 Å². The van der Waals surface area contributed by atoms with Crippen LogP contribution in [0, 0.1) is 6.92 Å². The molecule has 1 aliphatic rings. The lowest BCUT2D eigenvalue weighted by atomic mass is 10.2. The van der Waals surface area contributed by atoms with Crippen molar-refractivity contribution < 1.29 is 0 Å². The second-order valence-corrected chi connectivity index (χ2v) is 5.22. The first kappa shape index (κ1) is 12.7. The van der Waals surface area contributed by atoms with Gasteiger partial charge in [-0.2, -0.15) is 0 Å². The molecule has 0 amide bonds. The Morgan fingerprint density at radius 3 is 2.82 bits per heavy atom. The number of aryl methyl sites for hydroxylation is 1. The lowest BCUT2D eigenvalue weighted by Crippen LogP contribution is -2.22. The highest BCUT2D eigenvalue weighted by atomic mass is 35.5. The number of nitrogens with zero attached hydrogens (tertiary/aromatic N) is 1. The summed E-state index contributed by atoms with van der Waals surface area (Å²) in [5.41, 5.74) is 2.43. The maximum atomic E-state index is 5.99. The van der Waals surface area contributed by atoms with Gasteiger partial charge in [-0.3, -0.25) is 0 Å². The Balaban J connectivity index is 1.72. The second-order valence-electron chi connectivity index (χ2n) is 4.79. The zero-order valence-corrected chi connectivity index (χ0v) is 11.3. The number of rotatable bonds is 5. The minimum atomic E-state index is 0.803. The van der Waals surface area contributed by atoms with Crippen molar-refractivity contribution in [1.82, 2.24) is 4.90 Å². The predicted octanol–water partition coefficient (Wildman–Crippen LogP) is 3.55. The van der Waals surface area contributed by atoms with E-state index in [9.17, 15) is 0 Å². The van der Waals surface area contributed by atoms with Crippen LogP contribution in [0.1, 0.15) is 24.8 Å². The number of hydrogen-bond donors (Lipinski definition) is 1. The highest BCUT2D eigenvalue weighted by molar-refractivity contribution is 6.30. The fourth-order valence-electron chi connectivity index (χ4n) is 2.32. The smallest absolute Gasteiger partial charge is 0.0426 e. The monoisotopic (exact) mass is 252 g/mol. The van der Waals surface area contributed by atoms with Crippen molar-refractivity contribution in [2.75, 3.05) is 31.5 Å². The summed E-state index contributed by atoms with van der Waals surface area (Å²) in [6.45, 7) is 6.93. The summed E-state index contributed by atoms with van der Waals surface area (Å²) in [5.74, 6) is 0. The Bertz CT molecular complexity index is 359. The standard InChI is InChI=1S/C14H21ClN2/c1-12-5-6-13(15)11-14(12)16-7-4-10-17-8-2-3-9-17/h5-6,11,16H,2-4,7-10H2,1H3. The Morgan fingerprint density at radius 2 is 2.06 bits per heavy atom. The fraction of sp³-hybridized carbons (Fsp3) is 0.571. The highest BCUT2D eigenvalue weighted by Gasteiger charge is 2.10. The minimum Gasteiger partial charge on any atom is -0.385 e. The molecule has 0 bridgehead atoms. The third-order valence-corrected chi connectivity index (χ3v) is 3.60. The van der Waals surface area contributed by atoms with Crippen LogP contribution in [-0.4, -0.2) is 31.1 Å². The van der Waals surface area contributed by atoms with Crippen LogP contribution < -0.4 is 5.32 Å². The molecule has 1 fully saturated rings. The molecule has 0 spiro atoms. The molecule has 94 valence electrons. The van der Waals surface area contributed by atoms with Crippen LogP contribution >= 0.6 is 11.6 Å². The third kappa shape index (κ3) is 3.90. The van der Waals surface area contributed by atoms with Crippen molar-refractivity contribution >= 4 is 17.3 Å². The molecule has 0 aromatic heterocycles. The number of halogens is 1.